The fourth-order valence-corrected chi connectivity index (χ4v) is 3.09. The van der Waals surface area contributed by atoms with E-state index >= 15 is 0 Å². The third kappa shape index (κ3) is 5.62. The van der Waals surface area contributed by atoms with Crippen LogP contribution in [-0.2, 0) is 9.59 Å². The summed E-state index contributed by atoms with van der Waals surface area (Å²) in [6.07, 6.45) is 11.1. The molecule has 0 aromatic rings. The van der Waals surface area contributed by atoms with Crippen molar-refractivity contribution in [1.29, 1.82) is 0 Å². The summed E-state index contributed by atoms with van der Waals surface area (Å²) in [5.41, 5.74) is 4.61. The molecule has 1 aliphatic rings. The van der Waals surface area contributed by atoms with Gasteiger partial charge in [-0.2, -0.15) is 0 Å². The number of rotatable bonds is 8. The van der Waals surface area contributed by atoms with E-state index in [0.29, 0.717) is 6.42 Å². The van der Waals surface area contributed by atoms with Gasteiger partial charge in [-0.25, -0.2) is 0 Å². The van der Waals surface area contributed by atoms with Crippen LogP contribution in [0.3, 0.4) is 0 Å². The SMILES string of the molecule is NC(=O)CCCCCCC1(C(=O)O)CCCCCC1. The lowest BCUT2D eigenvalue weighted by Crippen LogP contribution is -2.30. The van der Waals surface area contributed by atoms with Crippen molar-refractivity contribution in [2.45, 2.75) is 77.0 Å². The third-order valence-electron chi connectivity index (χ3n) is 4.34. The minimum Gasteiger partial charge on any atom is -0.481 e. The average Bonchev–Trinajstić information content (AvgIpc) is 2.59. The Morgan fingerprint density at radius 2 is 1.53 bits per heavy atom. The molecule has 19 heavy (non-hydrogen) atoms. The van der Waals surface area contributed by atoms with Crippen LogP contribution in [0.15, 0.2) is 0 Å². The van der Waals surface area contributed by atoms with Gasteiger partial charge in [0.25, 0.3) is 0 Å². The van der Waals surface area contributed by atoms with Crippen LogP contribution in [0.25, 0.3) is 0 Å². The van der Waals surface area contributed by atoms with Crippen LogP contribution in [0.4, 0.5) is 0 Å². The quantitative estimate of drug-likeness (QED) is 0.524. The number of hydrogen-bond acceptors (Lipinski definition) is 2. The first kappa shape index (κ1) is 16.0. The molecule has 0 radical (unpaired) electrons. The molecule has 0 atom stereocenters. The Hall–Kier alpha value is -1.06. The van der Waals surface area contributed by atoms with E-state index in [4.69, 9.17) is 5.73 Å². The molecule has 0 aromatic heterocycles. The molecule has 1 rings (SSSR count). The molecule has 0 bridgehead atoms. The van der Waals surface area contributed by atoms with Gasteiger partial charge >= 0.3 is 5.97 Å². The van der Waals surface area contributed by atoms with Crippen LogP contribution in [0.5, 0.6) is 0 Å². The van der Waals surface area contributed by atoms with E-state index in [1.807, 2.05) is 0 Å². The summed E-state index contributed by atoms with van der Waals surface area (Å²) in [6.45, 7) is 0. The Morgan fingerprint density at radius 3 is 2.05 bits per heavy atom. The van der Waals surface area contributed by atoms with Crippen molar-refractivity contribution in [3.63, 3.8) is 0 Å². The Labute approximate surface area is 115 Å². The molecule has 1 saturated carbocycles. The standard InChI is InChI=1S/C15H27NO3/c16-13(17)9-5-1-2-6-10-15(14(18)19)11-7-3-4-8-12-15/h1-12H2,(H2,16,17)(H,18,19). The molecule has 1 fully saturated rings. The lowest BCUT2D eigenvalue weighted by atomic mass is 9.76. The monoisotopic (exact) mass is 269 g/mol. The van der Waals surface area contributed by atoms with Gasteiger partial charge in [-0.3, -0.25) is 9.59 Å². The number of hydrogen-bond donors (Lipinski definition) is 2. The largest absolute Gasteiger partial charge is 0.481 e. The van der Waals surface area contributed by atoms with Crippen molar-refractivity contribution >= 4 is 11.9 Å². The van der Waals surface area contributed by atoms with Gasteiger partial charge in [-0.15, -0.1) is 0 Å². The van der Waals surface area contributed by atoms with E-state index in [2.05, 4.69) is 0 Å². The van der Waals surface area contributed by atoms with E-state index in [0.717, 1.165) is 57.8 Å². The number of nitrogens with two attached hydrogens (primary N) is 1. The van der Waals surface area contributed by atoms with Crippen LogP contribution in [0, 0.1) is 5.41 Å². The summed E-state index contributed by atoms with van der Waals surface area (Å²) in [6, 6.07) is 0. The summed E-state index contributed by atoms with van der Waals surface area (Å²) in [4.78, 5) is 22.2. The van der Waals surface area contributed by atoms with Crippen LogP contribution < -0.4 is 5.73 Å². The van der Waals surface area contributed by atoms with Crippen molar-refractivity contribution in [2.24, 2.45) is 11.1 Å². The molecule has 1 aliphatic carbocycles. The summed E-state index contributed by atoms with van der Waals surface area (Å²) >= 11 is 0. The summed E-state index contributed by atoms with van der Waals surface area (Å²) in [5.74, 6) is -0.850. The topological polar surface area (TPSA) is 80.4 Å². The number of aliphatic carboxylic acids is 1. The van der Waals surface area contributed by atoms with Gasteiger partial charge in [0.15, 0.2) is 0 Å². The van der Waals surface area contributed by atoms with Gasteiger partial charge in [0.05, 0.1) is 5.41 Å². The first-order valence-electron chi connectivity index (χ1n) is 7.58. The van der Waals surface area contributed by atoms with Crippen molar-refractivity contribution < 1.29 is 14.7 Å². The van der Waals surface area contributed by atoms with Crippen molar-refractivity contribution in [3.05, 3.63) is 0 Å². The predicted molar refractivity (Wildman–Crippen MR) is 74.7 cm³/mol. The summed E-state index contributed by atoms with van der Waals surface area (Å²) in [7, 11) is 0. The van der Waals surface area contributed by atoms with Crippen LogP contribution >= 0.6 is 0 Å². The van der Waals surface area contributed by atoms with Crippen LogP contribution in [-0.4, -0.2) is 17.0 Å². The Bertz CT molecular complexity index is 294. The third-order valence-corrected chi connectivity index (χ3v) is 4.34. The fraction of sp³-hybridized carbons (Fsp3) is 0.867. The number of primary amides is 1. The number of unbranched alkanes of at least 4 members (excludes halogenated alkanes) is 3. The molecule has 3 N–H and O–H groups in total. The normalized spacial score (nSPS) is 18.7. The Kier molecular flexibility index (Phi) is 6.89. The van der Waals surface area contributed by atoms with E-state index < -0.39 is 11.4 Å². The molecule has 0 unspecified atom stereocenters. The lowest BCUT2D eigenvalue weighted by molar-refractivity contribution is -0.150. The first-order valence-corrected chi connectivity index (χ1v) is 7.58. The molecule has 0 saturated heterocycles. The maximum Gasteiger partial charge on any atom is 0.309 e. The second kappa shape index (κ2) is 8.18. The second-order valence-electron chi connectivity index (χ2n) is 5.88. The van der Waals surface area contributed by atoms with Crippen molar-refractivity contribution in [1.82, 2.24) is 0 Å². The van der Waals surface area contributed by atoms with Gasteiger partial charge in [0.2, 0.25) is 5.91 Å². The number of carboxylic acids is 1. The summed E-state index contributed by atoms with van der Waals surface area (Å²) in [5, 5.41) is 9.53. The van der Waals surface area contributed by atoms with Gasteiger partial charge in [-0.05, 0) is 25.7 Å². The van der Waals surface area contributed by atoms with E-state index in [1.165, 1.54) is 12.8 Å². The average molecular weight is 269 g/mol. The highest BCUT2D eigenvalue weighted by Crippen LogP contribution is 2.39. The van der Waals surface area contributed by atoms with Crippen molar-refractivity contribution in [2.75, 3.05) is 0 Å². The zero-order valence-corrected chi connectivity index (χ0v) is 11.8. The van der Waals surface area contributed by atoms with Crippen molar-refractivity contribution in [3.8, 4) is 0 Å². The number of amides is 1. The van der Waals surface area contributed by atoms with E-state index in [9.17, 15) is 14.7 Å². The smallest absolute Gasteiger partial charge is 0.309 e. The number of carbonyl (C=O) groups excluding carboxylic acids is 1. The number of carboxylic acid groups (broad SMARTS) is 1. The van der Waals surface area contributed by atoms with E-state index in [1.54, 1.807) is 0 Å². The molecule has 0 spiro atoms. The maximum atomic E-state index is 11.6. The van der Waals surface area contributed by atoms with E-state index in [-0.39, 0.29) is 5.91 Å². The Morgan fingerprint density at radius 1 is 0.947 bits per heavy atom. The molecule has 0 aliphatic heterocycles. The van der Waals surface area contributed by atoms with Crippen LogP contribution in [0.2, 0.25) is 0 Å². The fourth-order valence-electron chi connectivity index (χ4n) is 3.09. The van der Waals surface area contributed by atoms with Gasteiger partial charge in [-0.1, -0.05) is 44.9 Å². The molecular formula is C15H27NO3. The second-order valence-corrected chi connectivity index (χ2v) is 5.88. The molecule has 4 nitrogen and oxygen atoms in total. The highest BCUT2D eigenvalue weighted by Gasteiger charge is 2.37. The van der Waals surface area contributed by atoms with Crippen LogP contribution in [0.1, 0.15) is 77.0 Å². The molecule has 0 aromatic carbocycles. The molecule has 4 heteroatoms. The lowest BCUT2D eigenvalue weighted by Gasteiger charge is -2.28. The summed E-state index contributed by atoms with van der Waals surface area (Å²) < 4.78 is 0. The minimum atomic E-state index is -0.605. The van der Waals surface area contributed by atoms with Gasteiger partial charge < -0.3 is 10.8 Å². The molecule has 0 heterocycles. The first-order chi connectivity index (χ1) is 9.07. The van der Waals surface area contributed by atoms with Gasteiger partial charge in [0, 0.05) is 6.42 Å². The molecule has 1 amide bonds. The maximum absolute atomic E-state index is 11.6. The highest BCUT2D eigenvalue weighted by molar-refractivity contribution is 5.74. The highest BCUT2D eigenvalue weighted by atomic mass is 16.4. The predicted octanol–water partition coefficient (Wildman–Crippen LogP) is 3.24. The number of carbonyl (C=O) groups is 2. The van der Waals surface area contributed by atoms with Gasteiger partial charge in [0.1, 0.15) is 0 Å². The molecular weight excluding hydrogens is 242 g/mol. The molecule has 110 valence electrons. The zero-order chi connectivity index (χ0) is 14.1. The minimum absolute atomic E-state index is 0.245. The zero-order valence-electron chi connectivity index (χ0n) is 11.8. The Balaban J connectivity index is 2.29.